The molecule has 1 aromatic carbocycles. The monoisotopic (exact) mass is 244 g/mol. The summed E-state index contributed by atoms with van der Waals surface area (Å²) in [6, 6.07) is 10.5. The van der Waals surface area contributed by atoms with Crippen molar-refractivity contribution < 1.29 is 4.74 Å². The molecular formula is C15H20N2O. The summed E-state index contributed by atoms with van der Waals surface area (Å²) in [5, 5.41) is 1.20. The van der Waals surface area contributed by atoms with Crippen LogP contribution in [0.25, 0.3) is 10.9 Å². The van der Waals surface area contributed by atoms with Crippen LogP contribution in [-0.2, 0) is 11.2 Å². The third-order valence-electron chi connectivity index (χ3n) is 3.15. The van der Waals surface area contributed by atoms with Crippen LogP contribution in [0.2, 0.25) is 0 Å². The van der Waals surface area contributed by atoms with Gasteiger partial charge in [0.05, 0.1) is 12.1 Å². The van der Waals surface area contributed by atoms with Crippen molar-refractivity contribution >= 4 is 16.6 Å². The number of aryl methyl sites for hydroxylation is 1. The van der Waals surface area contributed by atoms with E-state index in [-0.39, 0.29) is 0 Å². The van der Waals surface area contributed by atoms with E-state index >= 15 is 0 Å². The van der Waals surface area contributed by atoms with Crippen LogP contribution < -0.4 is 4.90 Å². The number of fused-ring (bicyclic) bond motifs is 1. The second-order valence-electron chi connectivity index (χ2n) is 4.42. The van der Waals surface area contributed by atoms with Crippen molar-refractivity contribution in [1.82, 2.24) is 4.98 Å². The molecule has 0 atom stereocenters. The van der Waals surface area contributed by atoms with E-state index in [1.807, 2.05) is 6.07 Å². The van der Waals surface area contributed by atoms with Gasteiger partial charge in [-0.1, -0.05) is 25.1 Å². The maximum absolute atomic E-state index is 5.15. The molecule has 0 amide bonds. The van der Waals surface area contributed by atoms with Gasteiger partial charge in [0.2, 0.25) is 0 Å². The Kier molecular flexibility index (Phi) is 4.15. The first kappa shape index (κ1) is 12.8. The highest BCUT2D eigenvalue weighted by Gasteiger charge is 2.08. The molecule has 2 aromatic rings. The molecule has 0 N–H and O–H groups in total. The zero-order valence-corrected chi connectivity index (χ0v) is 11.3. The van der Waals surface area contributed by atoms with Gasteiger partial charge in [0, 0.05) is 37.5 Å². The number of ether oxygens (including phenoxy) is 1. The Bertz CT molecular complexity index is 525. The molecule has 0 fully saturated rings. The molecule has 96 valence electrons. The zero-order valence-electron chi connectivity index (χ0n) is 11.3. The first-order valence-corrected chi connectivity index (χ1v) is 6.35. The predicted molar refractivity (Wildman–Crippen MR) is 76.3 cm³/mol. The standard InChI is InChI=1S/C15H20N2O/c1-4-12-11-15(17(2)9-10-18-3)13-7-5-6-8-14(13)16-12/h5-8,11H,4,9-10H2,1-3H3. The Hall–Kier alpha value is -1.61. The van der Waals surface area contributed by atoms with Crippen LogP contribution in [0.15, 0.2) is 30.3 Å². The third kappa shape index (κ3) is 2.62. The highest BCUT2D eigenvalue weighted by Crippen LogP contribution is 2.26. The summed E-state index contributed by atoms with van der Waals surface area (Å²) in [6.07, 6.45) is 0.954. The fraction of sp³-hybridized carbons (Fsp3) is 0.400. The minimum atomic E-state index is 0.731. The summed E-state index contributed by atoms with van der Waals surface area (Å²) >= 11 is 0. The van der Waals surface area contributed by atoms with Gasteiger partial charge in [0.25, 0.3) is 0 Å². The average molecular weight is 244 g/mol. The van der Waals surface area contributed by atoms with E-state index in [0.29, 0.717) is 0 Å². The highest BCUT2D eigenvalue weighted by molar-refractivity contribution is 5.91. The van der Waals surface area contributed by atoms with E-state index in [4.69, 9.17) is 4.74 Å². The van der Waals surface area contributed by atoms with Gasteiger partial charge in [-0.2, -0.15) is 0 Å². The normalized spacial score (nSPS) is 10.8. The lowest BCUT2D eigenvalue weighted by molar-refractivity contribution is 0.206. The largest absolute Gasteiger partial charge is 0.383 e. The number of likely N-dealkylation sites (N-methyl/N-ethyl adjacent to an activating group) is 1. The van der Waals surface area contributed by atoms with Crippen molar-refractivity contribution in [2.75, 3.05) is 32.2 Å². The Morgan fingerprint density at radius 1 is 1.28 bits per heavy atom. The summed E-state index contributed by atoms with van der Waals surface area (Å²) in [6.45, 7) is 3.75. The van der Waals surface area contributed by atoms with E-state index in [2.05, 4.69) is 48.1 Å². The smallest absolute Gasteiger partial charge is 0.0726 e. The Morgan fingerprint density at radius 3 is 2.78 bits per heavy atom. The average Bonchev–Trinajstić information content (AvgIpc) is 2.43. The lowest BCUT2D eigenvalue weighted by Crippen LogP contribution is -2.22. The number of nitrogens with zero attached hydrogens (tertiary/aromatic N) is 2. The molecule has 3 nitrogen and oxygen atoms in total. The fourth-order valence-electron chi connectivity index (χ4n) is 2.06. The number of rotatable bonds is 5. The molecule has 3 heteroatoms. The lowest BCUT2D eigenvalue weighted by atomic mass is 10.1. The second kappa shape index (κ2) is 5.83. The van der Waals surface area contributed by atoms with E-state index in [1.54, 1.807) is 7.11 Å². The van der Waals surface area contributed by atoms with Crippen LogP contribution in [0.5, 0.6) is 0 Å². The van der Waals surface area contributed by atoms with Gasteiger partial charge in [0.15, 0.2) is 0 Å². The van der Waals surface area contributed by atoms with Gasteiger partial charge < -0.3 is 9.64 Å². The topological polar surface area (TPSA) is 25.4 Å². The van der Waals surface area contributed by atoms with Crippen molar-refractivity contribution in [2.45, 2.75) is 13.3 Å². The number of aromatic nitrogens is 1. The number of anilines is 1. The van der Waals surface area contributed by atoms with Crippen molar-refractivity contribution in [2.24, 2.45) is 0 Å². The van der Waals surface area contributed by atoms with Crippen molar-refractivity contribution in [3.63, 3.8) is 0 Å². The molecular weight excluding hydrogens is 224 g/mol. The van der Waals surface area contributed by atoms with Crippen LogP contribution in [0.3, 0.4) is 0 Å². The van der Waals surface area contributed by atoms with E-state index < -0.39 is 0 Å². The van der Waals surface area contributed by atoms with E-state index in [0.717, 1.165) is 30.8 Å². The quantitative estimate of drug-likeness (QED) is 0.808. The molecule has 1 aromatic heterocycles. The molecule has 0 bridgehead atoms. The minimum Gasteiger partial charge on any atom is -0.383 e. The number of pyridine rings is 1. The SMILES string of the molecule is CCc1cc(N(C)CCOC)c2ccccc2n1. The second-order valence-corrected chi connectivity index (χ2v) is 4.42. The predicted octanol–water partition coefficient (Wildman–Crippen LogP) is 2.88. The summed E-state index contributed by atoms with van der Waals surface area (Å²) in [7, 11) is 3.83. The number of benzene rings is 1. The summed E-state index contributed by atoms with van der Waals surface area (Å²) in [5.74, 6) is 0. The molecule has 1 heterocycles. The molecule has 18 heavy (non-hydrogen) atoms. The number of methoxy groups -OCH3 is 1. The molecule has 0 aliphatic heterocycles. The Balaban J connectivity index is 2.46. The van der Waals surface area contributed by atoms with Crippen molar-refractivity contribution in [1.29, 1.82) is 0 Å². The van der Waals surface area contributed by atoms with Crippen LogP contribution in [0.1, 0.15) is 12.6 Å². The minimum absolute atomic E-state index is 0.731. The van der Waals surface area contributed by atoms with Gasteiger partial charge in [0.1, 0.15) is 0 Å². The van der Waals surface area contributed by atoms with Gasteiger partial charge in [-0.3, -0.25) is 4.98 Å². The van der Waals surface area contributed by atoms with Crippen molar-refractivity contribution in [3.05, 3.63) is 36.0 Å². The van der Waals surface area contributed by atoms with E-state index in [9.17, 15) is 0 Å². The third-order valence-corrected chi connectivity index (χ3v) is 3.15. The molecule has 0 aliphatic carbocycles. The molecule has 0 saturated carbocycles. The first-order valence-electron chi connectivity index (χ1n) is 6.35. The van der Waals surface area contributed by atoms with Crippen LogP contribution in [-0.4, -0.2) is 32.3 Å². The molecule has 0 saturated heterocycles. The molecule has 0 radical (unpaired) electrons. The summed E-state index contributed by atoms with van der Waals surface area (Å²) < 4.78 is 5.15. The van der Waals surface area contributed by atoms with Gasteiger partial charge in [-0.05, 0) is 18.6 Å². The molecule has 0 aliphatic rings. The van der Waals surface area contributed by atoms with Crippen molar-refractivity contribution in [3.8, 4) is 0 Å². The fourth-order valence-corrected chi connectivity index (χ4v) is 2.06. The summed E-state index contributed by atoms with van der Waals surface area (Å²) in [5.41, 5.74) is 3.43. The maximum atomic E-state index is 5.15. The van der Waals surface area contributed by atoms with E-state index in [1.165, 1.54) is 11.1 Å². The zero-order chi connectivity index (χ0) is 13.0. The first-order chi connectivity index (χ1) is 8.76. The van der Waals surface area contributed by atoms with Crippen LogP contribution in [0, 0.1) is 0 Å². The maximum Gasteiger partial charge on any atom is 0.0726 e. The van der Waals surface area contributed by atoms with Gasteiger partial charge >= 0.3 is 0 Å². The molecule has 0 unspecified atom stereocenters. The molecule has 0 spiro atoms. The number of hydrogen-bond donors (Lipinski definition) is 0. The highest BCUT2D eigenvalue weighted by atomic mass is 16.5. The Labute approximate surface area is 108 Å². The number of para-hydroxylation sites is 1. The Morgan fingerprint density at radius 2 is 2.06 bits per heavy atom. The van der Waals surface area contributed by atoms with Gasteiger partial charge in [-0.15, -0.1) is 0 Å². The summed E-state index contributed by atoms with van der Waals surface area (Å²) in [4.78, 5) is 6.89. The van der Waals surface area contributed by atoms with Crippen LogP contribution >= 0.6 is 0 Å². The van der Waals surface area contributed by atoms with Crippen LogP contribution in [0.4, 0.5) is 5.69 Å². The lowest BCUT2D eigenvalue weighted by Gasteiger charge is -2.21. The van der Waals surface area contributed by atoms with Gasteiger partial charge in [-0.25, -0.2) is 0 Å². The number of hydrogen-bond acceptors (Lipinski definition) is 3. The molecule has 2 rings (SSSR count).